The Hall–Kier alpha value is -2.89. The molecule has 13 heteroatoms. The summed E-state index contributed by atoms with van der Waals surface area (Å²) in [6.07, 6.45) is -1.07. The first kappa shape index (κ1) is 22.3. The highest BCUT2D eigenvalue weighted by atomic mass is 35.5. The lowest BCUT2D eigenvalue weighted by Crippen LogP contribution is -2.36. The minimum atomic E-state index is -4.52. The van der Waals surface area contributed by atoms with E-state index in [4.69, 9.17) is 16.3 Å². The first-order valence-corrected chi connectivity index (χ1v) is 10.1. The van der Waals surface area contributed by atoms with Gasteiger partial charge in [-0.05, 0) is 37.3 Å². The lowest BCUT2D eigenvalue weighted by atomic mass is 10.1. The molecule has 32 heavy (non-hydrogen) atoms. The molecule has 0 bridgehead atoms. The summed E-state index contributed by atoms with van der Waals surface area (Å²) in [6, 6.07) is 0.618. The summed E-state index contributed by atoms with van der Waals surface area (Å²) < 4.78 is 61.0. The molecule has 0 radical (unpaired) electrons. The number of cyclic esters (lactones) is 1. The van der Waals surface area contributed by atoms with Crippen LogP contribution in [0.2, 0.25) is 5.02 Å². The molecule has 3 heterocycles. The van der Waals surface area contributed by atoms with Gasteiger partial charge in [0, 0.05) is 6.20 Å². The first-order chi connectivity index (χ1) is 15.1. The number of rotatable bonds is 7. The van der Waals surface area contributed by atoms with Crippen LogP contribution >= 0.6 is 11.6 Å². The molecule has 1 saturated carbocycles. The van der Waals surface area contributed by atoms with Crippen LogP contribution in [0.3, 0.4) is 0 Å². The normalized spacial score (nSPS) is 19.6. The molecule has 1 saturated heterocycles. The number of halogens is 5. The molecule has 1 aliphatic heterocycles. The maximum absolute atomic E-state index is 14.4. The van der Waals surface area contributed by atoms with E-state index in [0.717, 1.165) is 19.0 Å². The standard InChI is InChI=1S/C19H18ClF4N5O3/c1-9(11-4-12(20)16(25-5-11)32-8-19(22,23)24)27-17-26-6-13(21)15(28-17)29-14(10-2-3-10)7-31-18(29)30/h4-6,9-10,14H,2-3,7-8H2,1H3,(H,26,27,28)/t9-,14?/m0/s1. The Balaban J connectivity index is 1.49. The average molecular weight is 476 g/mol. The van der Waals surface area contributed by atoms with Gasteiger partial charge in [0.2, 0.25) is 11.8 Å². The molecule has 0 aromatic carbocycles. The second-order valence-electron chi connectivity index (χ2n) is 7.54. The number of carbonyl (C=O) groups excluding carboxylic acids is 1. The fourth-order valence-electron chi connectivity index (χ4n) is 3.31. The molecule has 1 amide bonds. The van der Waals surface area contributed by atoms with Gasteiger partial charge in [0.05, 0.1) is 18.3 Å². The fourth-order valence-corrected chi connectivity index (χ4v) is 3.54. The molecule has 2 aromatic rings. The number of carbonyl (C=O) groups is 1. The quantitative estimate of drug-likeness (QED) is 0.589. The second-order valence-corrected chi connectivity index (χ2v) is 7.95. The third kappa shape index (κ3) is 4.95. The van der Waals surface area contributed by atoms with E-state index < -0.39 is 30.7 Å². The Labute approximate surface area is 184 Å². The predicted molar refractivity (Wildman–Crippen MR) is 105 cm³/mol. The third-order valence-corrected chi connectivity index (χ3v) is 5.34. The third-order valence-electron chi connectivity index (χ3n) is 5.07. The number of ether oxygens (including phenoxy) is 2. The SMILES string of the molecule is C[C@H](Nc1ncc(F)c(N2C(=O)OCC2C2CC2)n1)c1cnc(OCC(F)(F)F)c(Cl)c1. The van der Waals surface area contributed by atoms with Gasteiger partial charge in [-0.25, -0.2) is 19.2 Å². The van der Waals surface area contributed by atoms with E-state index in [9.17, 15) is 22.4 Å². The molecule has 1 N–H and O–H groups in total. The van der Waals surface area contributed by atoms with Gasteiger partial charge in [0.1, 0.15) is 11.6 Å². The Morgan fingerprint density at radius 3 is 2.75 bits per heavy atom. The van der Waals surface area contributed by atoms with Crippen LogP contribution in [0.1, 0.15) is 31.4 Å². The number of pyridine rings is 1. The number of hydrogen-bond acceptors (Lipinski definition) is 7. The monoisotopic (exact) mass is 475 g/mol. The molecule has 172 valence electrons. The van der Waals surface area contributed by atoms with Crippen LogP contribution in [0.15, 0.2) is 18.5 Å². The Kier molecular flexibility index (Phi) is 5.97. The minimum Gasteiger partial charge on any atom is -0.467 e. The van der Waals surface area contributed by atoms with Gasteiger partial charge in [-0.3, -0.25) is 4.90 Å². The van der Waals surface area contributed by atoms with Gasteiger partial charge in [0.15, 0.2) is 18.2 Å². The summed E-state index contributed by atoms with van der Waals surface area (Å²) >= 11 is 5.98. The van der Waals surface area contributed by atoms with E-state index in [1.54, 1.807) is 6.92 Å². The molecular weight excluding hydrogens is 458 g/mol. The lowest BCUT2D eigenvalue weighted by molar-refractivity contribution is -0.154. The molecular formula is C19H18ClF4N5O3. The van der Waals surface area contributed by atoms with Gasteiger partial charge in [-0.15, -0.1) is 0 Å². The van der Waals surface area contributed by atoms with Crippen molar-refractivity contribution in [2.45, 2.75) is 38.0 Å². The smallest absolute Gasteiger partial charge is 0.422 e. The largest absolute Gasteiger partial charge is 0.467 e. The van der Waals surface area contributed by atoms with Crippen LogP contribution < -0.4 is 15.0 Å². The van der Waals surface area contributed by atoms with Gasteiger partial charge in [-0.2, -0.15) is 18.2 Å². The van der Waals surface area contributed by atoms with E-state index >= 15 is 0 Å². The molecule has 4 rings (SSSR count). The molecule has 2 aliphatic rings. The Bertz CT molecular complexity index is 1020. The number of nitrogens with zero attached hydrogens (tertiary/aromatic N) is 4. The molecule has 2 atom stereocenters. The van der Waals surface area contributed by atoms with Crippen LogP contribution in [-0.4, -0.2) is 46.5 Å². The molecule has 8 nitrogen and oxygen atoms in total. The number of anilines is 2. The van der Waals surface area contributed by atoms with Crippen LogP contribution in [0.25, 0.3) is 0 Å². The van der Waals surface area contributed by atoms with Crippen LogP contribution in [0.5, 0.6) is 5.88 Å². The fraction of sp³-hybridized carbons (Fsp3) is 0.474. The van der Waals surface area contributed by atoms with E-state index in [1.165, 1.54) is 17.2 Å². The number of amides is 1. The highest BCUT2D eigenvalue weighted by molar-refractivity contribution is 6.31. The van der Waals surface area contributed by atoms with Crippen molar-refractivity contribution in [2.75, 3.05) is 23.4 Å². The van der Waals surface area contributed by atoms with Gasteiger partial charge >= 0.3 is 12.3 Å². The van der Waals surface area contributed by atoms with Crippen molar-refractivity contribution >= 4 is 29.5 Å². The van der Waals surface area contributed by atoms with E-state index in [0.29, 0.717) is 5.56 Å². The predicted octanol–water partition coefficient (Wildman–Crippen LogP) is 4.51. The Morgan fingerprint density at radius 1 is 1.34 bits per heavy atom. The van der Waals surface area contributed by atoms with E-state index in [2.05, 4.69) is 25.0 Å². The van der Waals surface area contributed by atoms with Crippen molar-refractivity contribution in [1.82, 2.24) is 15.0 Å². The van der Waals surface area contributed by atoms with Crippen molar-refractivity contribution in [3.63, 3.8) is 0 Å². The summed E-state index contributed by atoms with van der Waals surface area (Å²) in [6.45, 7) is 0.367. The summed E-state index contributed by atoms with van der Waals surface area (Å²) in [5.74, 6) is -1.00. The average Bonchev–Trinajstić information content (AvgIpc) is 3.50. The maximum atomic E-state index is 14.4. The second kappa shape index (κ2) is 8.57. The Morgan fingerprint density at radius 2 is 2.09 bits per heavy atom. The van der Waals surface area contributed by atoms with E-state index in [-0.39, 0.29) is 41.2 Å². The highest BCUT2D eigenvalue weighted by Gasteiger charge is 2.45. The van der Waals surface area contributed by atoms with Crippen molar-refractivity contribution in [3.8, 4) is 5.88 Å². The number of nitrogens with one attached hydrogen (secondary N) is 1. The van der Waals surface area contributed by atoms with Gasteiger partial charge in [-0.1, -0.05) is 11.6 Å². The summed E-state index contributed by atoms with van der Waals surface area (Å²) in [5.41, 5.74) is 0.500. The first-order valence-electron chi connectivity index (χ1n) is 9.72. The zero-order chi connectivity index (χ0) is 23.0. The zero-order valence-corrected chi connectivity index (χ0v) is 17.5. The maximum Gasteiger partial charge on any atom is 0.422 e. The van der Waals surface area contributed by atoms with Gasteiger partial charge in [0.25, 0.3) is 0 Å². The number of alkyl halides is 3. The van der Waals surface area contributed by atoms with Crippen molar-refractivity contribution < 1.29 is 31.8 Å². The van der Waals surface area contributed by atoms with Gasteiger partial charge < -0.3 is 14.8 Å². The van der Waals surface area contributed by atoms with Crippen molar-refractivity contribution in [2.24, 2.45) is 5.92 Å². The van der Waals surface area contributed by atoms with E-state index in [1.807, 2.05) is 0 Å². The molecule has 1 aliphatic carbocycles. The van der Waals surface area contributed by atoms with Crippen molar-refractivity contribution in [1.29, 1.82) is 0 Å². The van der Waals surface area contributed by atoms with Crippen LogP contribution in [0, 0.1) is 11.7 Å². The summed E-state index contributed by atoms with van der Waals surface area (Å²) in [5, 5.41) is 2.84. The lowest BCUT2D eigenvalue weighted by Gasteiger charge is -2.21. The minimum absolute atomic E-state index is 0.0386. The summed E-state index contributed by atoms with van der Waals surface area (Å²) in [7, 11) is 0. The molecule has 0 spiro atoms. The van der Waals surface area contributed by atoms with Crippen molar-refractivity contribution in [3.05, 3.63) is 34.9 Å². The zero-order valence-electron chi connectivity index (χ0n) is 16.7. The van der Waals surface area contributed by atoms with Crippen LogP contribution in [0.4, 0.5) is 34.1 Å². The molecule has 1 unspecified atom stereocenters. The summed E-state index contributed by atoms with van der Waals surface area (Å²) in [4.78, 5) is 25.3. The molecule has 2 fully saturated rings. The highest BCUT2D eigenvalue weighted by Crippen LogP contribution is 2.40. The number of aromatic nitrogens is 3. The molecule has 2 aromatic heterocycles. The topological polar surface area (TPSA) is 89.5 Å². The number of hydrogen-bond donors (Lipinski definition) is 1. The van der Waals surface area contributed by atoms with Crippen LogP contribution in [-0.2, 0) is 4.74 Å².